The minimum Gasteiger partial charge on any atom is -0.258 e. The fraction of sp³-hybridized carbons (Fsp3) is 0. The van der Waals surface area contributed by atoms with Crippen molar-refractivity contribution in [3.8, 4) is 0 Å². The van der Waals surface area contributed by atoms with E-state index in [1.54, 1.807) is 12.1 Å². The molecule has 0 spiro atoms. The van der Waals surface area contributed by atoms with E-state index >= 15 is 0 Å². The molecule has 0 unspecified atom stereocenters. The van der Waals surface area contributed by atoms with Crippen LogP contribution in [0.2, 0.25) is 0 Å². The average Bonchev–Trinajstić information content (AvgIpc) is 2.43. The van der Waals surface area contributed by atoms with Gasteiger partial charge in [-0.15, -0.1) is 0 Å². The summed E-state index contributed by atoms with van der Waals surface area (Å²) in [6.45, 7) is 0. The number of non-ortho nitro benzene ring substituents is 1. The molecule has 3 rings (SSSR count). The maximum absolute atomic E-state index is 10.9. The molecule has 0 atom stereocenters. The van der Waals surface area contributed by atoms with Crippen molar-refractivity contribution in [1.82, 2.24) is 0 Å². The molecule has 3 aromatic rings. The Balaban J connectivity index is 0.000000256. The molecule has 0 N–H and O–H groups in total. The summed E-state index contributed by atoms with van der Waals surface area (Å²) in [6.07, 6.45) is 3.76. The Labute approximate surface area is 130 Å². The van der Waals surface area contributed by atoms with Crippen molar-refractivity contribution in [3.05, 3.63) is 65.0 Å². The van der Waals surface area contributed by atoms with Crippen molar-refractivity contribution in [2.75, 3.05) is 0 Å². The number of nitro groups is 1. The van der Waals surface area contributed by atoms with Gasteiger partial charge < -0.3 is 0 Å². The molecule has 11 heteroatoms. The number of hydrogen-bond donors (Lipinski definition) is 0. The van der Waals surface area contributed by atoms with Gasteiger partial charge in [0.25, 0.3) is 5.69 Å². The van der Waals surface area contributed by atoms with Crippen LogP contribution in [0.25, 0.3) is 16.3 Å². The van der Waals surface area contributed by atoms with Crippen LogP contribution >= 0.6 is 7.81 Å². The summed E-state index contributed by atoms with van der Waals surface area (Å²) in [5.74, 6) is 0. The Hall–Kier alpha value is -2.48. The van der Waals surface area contributed by atoms with Crippen molar-refractivity contribution >= 4 is 29.8 Å². The molecule has 0 aliphatic carbocycles. The number of benzene rings is 1. The zero-order valence-corrected chi connectivity index (χ0v) is 12.5. The van der Waals surface area contributed by atoms with E-state index in [-0.39, 0.29) is 10.6 Å². The number of nitro benzene ring substituents is 1. The topological polar surface area (TPSA) is 47.2 Å². The molecule has 0 fully saturated rings. The fourth-order valence-corrected chi connectivity index (χ4v) is 2.08. The van der Waals surface area contributed by atoms with Crippen LogP contribution in [0.5, 0.6) is 0 Å². The Kier molecular flexibility index (Phi) is 3.73. The first-order valence-corrected chi connectivity index (χ1v) is 8.28. The molecule has 4 nitrogen and oxygen atoms in total. The molecule has 0 aliphatic heterocycles. The summed E-state index contributed by atoms with van der Waals surface area (Å²) in [5, 5.41) is 12.5. The van der Waals surface area contributed by atoms with E-state index in [0.29, 0.717) is 5.39 Å². The molecule has 0 aliphatic rings. The first-order valence-electron chi connectivity index (χ1n) is 6.25. The van der Waals surface area contributed by atoms with Crippen molar-refractivity contribution in [2.24, 2.45) is 0 Å². The SMILES string of the molecule is F[P-](F)(F)(F)(F)F.O=[N+]([O-])c1cccc2c1cc[n+]1ccccc21. The van der Waals surface area contributed by atoms with Crippen LogP contribution < -0.4 is 4.40 Å². The molecule has 2 heterocycles. The zero-order valence-electron chi connectivity index (χ0n) is 11.6. The number of fused-ring (bicyclic) bond motifs is 3. The second kappa shape index (κ2) is 5.01. The Bertz CT molecular complexity index is 932. The van der Waals surface area contributed by atoms with Crippen LogP contribution in [0, 0.1) is 10.1 Å². The van der Waals surface area contributed by atoms with Gasteiger partial charge in [-0.05, 0) is 12.1 Å². The largest absolute Gasteiger partial charge is 0.277 e. The molecule has 130 valence electrons. The van der Waals surface area contributed by atoms with Gasteiger partial charge in [-0.3, -0.25) is 10.1 Å². The number of nitrogens with zero attached hydrogens (tertiary/aromatic N) is 2. The van der Waals surface area contributed by atoms with Gasteiger partial charge in [0.15, 0.2) is 12.4 Å². The monoisotopic (exact) mass is 370 g/mol. The van der Waals surface area contributed by atoms with Gasteiger partial charge in [-0.2, -0.15) is 4.40 Å². The van der Waals surface area contributed by atoms with E-state index in [1.165, 1.54) is 6.07 Å². The van der Waals surface area contributed by atoms with Gasteiger partial charge in [-0.25, -0.2) is 0 Å². The third-order valence-corrected chi connectivity index (χ3v) is 2.85. The predicted molar refractivity (Wildman–Crippen MR) is 77.3 cm³/mol. The maximum atomic E-state index is 10.9. The summed E-state index contributed by atoms with van der Waals surface area (Å²) in [4.78, 5) is 10.6. The minimum atomic E-state index is -10.7. The van der Waals surface area contributed by atoms with E-state index in [4.69, 9.17) is 0 Å². The summed E-state index contributed by atoms with van der Waals surface area (Å²) in [6, 6.07) is 12.7. The molecule has 0 radical (unpaired) electrons. The number of hydrogen-bond acceptors (Lipinski definition) is 2. The predicted octanol–water partition coefficient (Wildman–Crippen LogP) is 5.87. The third kappa shape index (κ3) is 5.31. The molecule has 24 heavy (non-hydrogen) atoms. The maximum Gasteiger partial charge on any atom is 0.277 e. The normalized spacial score (nSPS) is 14.4. The van der Waals surface area contributed by atoms with E-state index in [0.717, 1.165) is 10.9 Å². The van der Waals surface area contributed by atoms with Gasteiger partial charge >= 0.3 is 33.0 Å². The van der Waals surface area contributed by atoms with Gasteiger partial charge in [0.1, 0.15) is 0 Å². The van der Waals surface area contributed by atoms with E-state index in [2.05, 4.69) is 0 Å². The van der Waals surface area contributed by atoms with Crippen molar-refractivity contribution in [3.63, 3.8) is 0 Å². The first kappa shape index (κ1) is 17.9. The smallest absolute Gasteiger partial charge is 0.258 e. The van der Waals surface area contributed by atoms with Crippen LogP contribution in [-0.4, -0.2) is 4.92 Å². The van der Waals surface area contributed by atoms with Gasteiger partial charge in [0.05, 0.1) is 15.7 Å². The van der Waals surface area contributed by atoms with Crippen molar-refractivity contribution in [2.45, 2.75) is 0 Å². The summed E-state index contributed by atoms with van der Waals surface area (Å²) in [5.41, 5.74) is 1.11. The Morgan fingerprint density at radius 2 is 1.46 bits per heavy atom. The quantitative estimate of drug-likeness (QED) is 0.134. The van der Waals surface area contributed by atoms with Crippen LogP contribution in [-0.2, 0) is 0 Å². The molecule has 1 aromatic carbocycles. The van der Waals surface area contributed by atoms with Crippen molar-refractivity contribution in [1.29, 1.82) is 0 Å². The van der Waals surface area contributed by atoms with E-state index < -0.39 is 7.81 Å². The molecule has 0 amide bonds. The van der Waals surface area contributed by atoms with Crippen molar-refractivity contribution < 1.29 is 34.5 Å². The van der Waals surface area contributed by atoms with E-state index in [9.17, 15) is 35.3 Å². The van der Waals surface area contributed by atoms with Crippen LogP contribution in [0.1, 0.15) is 0 Å². The molecule has 0 saturated heterocycles. The second-order valence-electron chi connectivity index (χ2n) is 4.76. The minimum absolute atomic E-state index is 0.147. The van der Waals surface area contributed by atoms with Gasteiger partial charge in [0, 0.05) is 24.3 Å². The van der Waals surface area contributed by atoms with Gasteiger partial charge in [0.2, 0.25) is 5.52 Å². The number of aromatic nitrogens is 1. The van der Waals surface area contributed by atoms with Gasteiger partial charge in [-0.1, -0.05) is 6.07 Å². The molecular formula is C13H9F6N2O2P. The molecule has 2 aromatic heterocycles. The average molecular weight is 370 g/mol. The summed E-state index contributed by atoms with van der Waals surface area (Å²) < 4.78 is 61.1. The third-order valence-electron chi connectivity index (χ3n) is 2.85. The zero-order chi connectivity index (χ0) is 18.2. The summed E-state index contributed by atoms with van der Waals surface area (Å²) in [7, 11) is -10.7. The molecule has 0 bridgehead atoms. The first-order chi connectivity index (χ1) is 10.7. The van der Waals surface area contributed by atoms with Crippen LogP contribution in [0.15, 0.2) is 54.9 Å². The summed E-state index contributed by atoms with van der Waals surface area (Å²) >= 11 is 0. The standard InChI is InChI=1S/C13H9N2O2.F6P/c16-15(17)13-6-3-4-10-11(13)7-9-14-8-2-1-5-12(10)14;1-7(2,3,4,5)6/h1-9H;/q+1;-1. The number of pyridine rings is 2. The Morgan fingerprint density at radius 1 is 0.833 bits per heavy atom. The Morgan fingerprint density at radius 3 is 2.04 bits per heavy atom. The molecule has 0 saturated carbocycles. The number of halogens is 6. The second-order valence-corrected chi connectivity index (χ2v) is 6.68. The fourth-order valence-electron chi connectivity index (χ4n) is 2.08. The van der Waals surface area contributed by atoms with Crippen LogP contribution in [0.4, 0.5) is 30.9 Å². The van der Waals surface area contributed by atoms with E-state index in [1.807, 2.05) is 41.1 Å². The van der Waals surface area contributed by atoms with Crippen LogP contribution in [0.3, 0.4) is 0 Å². The number of rotatable bonds is 1. The molecular weight excluding hydrogens is 361 g/mol.